The lowest BCUT2D eigenvalue weighted by atomic mass is 10.1. The molecule has 0 N–H and O–H groups in total. The molecule has 73 heavy (non-hydrogen) atoms. The number of hydrogen-bond donors (Lipinski definition) is 0. The van der Waals surface area contributed by atoms with Gasteiger partial charge in [0, 0.05) is 31.6 Å². The van der Waals surface area contributed by atoms with Crippen molar-refractivity contribution in [1.29, 1.82) is 0 Å². The van der Waals surface area contributed by atoms with E-state index in [4.69, 9.17) is 75.2 Å². The van der Waals surface area contributed by atoms with E-state index in [0.29, 0.717) is 29.9 Å². The van der Waals surface area contributed by atoms with Crippen LogP contribution in [0.1, 0.15) is 147 Å². The van der Waals surface area contributed by atoms with E-state index in [1.165, 1.54) is 0 Å². The highest BCUT2D eigenvalue weighted by atomic mass is 32.4. The van der Waals surface area contributed by atoms with Crippen molar-refractivity contribution in [3.63, 3.8) is 0 Å². The summed E-state index contributed by atoms with van der Waals surface area (Å²) in [5.74, 6) is 2.74. The van der Waals surface area contributed by atoms with Gasteiger partial charge in [0.1, 0.15) is 45.3 Å². The highest BCUT2D eigenvalue weighted by molar-refractivity contribution is 8.05. The predicted octanol–water partition coefficient (Wildman–Crippen LogP) is 14.8. The summed E-state index contributed by atoms with van der Waals surface area (Å²) in [5, 5.41) is 16.4. The second kappa shape index (κ2) is 29.5. The minimum atomic E-state index is -1.75. The van der Waals surface area contributed by atoms with Crippen molar-refractivity contribution < 1.29 is 23.7 Å². The van der Waals surface area contributed by atoms with E-state index < -0.39 is 42.3 Å². The van der Waals surface area contributed by atoms with Gasteiger partial charge in [-0.05, 0) is 191 Å². The first kappa shape index (κ1) is 61.0. The molecule has 0 aliphatic rings. The van der Waals surface area contributed by atoms with Crippen LogP contribution < -0.4 is 18.9 Å². The Bertz CT molecular complexity index is 2590. The highest BCUT2D eigenvalue weighted by Crippen LogP contribution is 2.49. The summed E-state index contributed by atoms with van der Waals surface area (Å²) in [6.07, 6.45) is 15.0. The molecule has 14 nitrogen and oxygen atoms in total. The fourth-order valence-electron chi connectivity index (χ4n) is 7.74. The van der Waals surface area contributed by atoms with Crippen molar-refractivity contribution in [2.75, 3.05) is 21.1 Å². The normalized spacial score (nSPS) is 16.2. The molecular weight excluding hydrogens is 1030 g/mol. The molecule has 0 amide bonds. The molecule has 7 unspecified atom stereocenters. The Morgan fingerprint density at radius 3 is 1.22 bits per heavy atom. The summed E-state index contributed by atoms with van der Waals surface area (Å²) < 4.78 is 31.6. The van der Waals surface area contributed by atoms with Gasteiger partial charge in [-0.15, -0.1) is 0 Å². The van der Waals surface area contributed by atoms with Gasteiger partial charge in [-0.3, -0.25) is 19.1 Å². The maximum atomic E-state index is 11.1. The Balaban J connectivity index is 1.38. The van der Waals surface area contributed by atoms with Crippen LogP contribution in [0.5, 0.6) is 23.0 Å². The topological polar surface area (TPSA) is 150 Å². The van der Waals surface area contributed by atoms with E-state index in [0.717, 1.165) is 85.8 Å². The minimum Gasteiger partial charge on any atom is -0.481 e. The van der Waals surface area contributed by atoms with Crippen LogP contribution >= 0.6 is 20.5 Å². The number of benzene rings is 4. The van der Waals surface area contributed by atoms with Crippen LogP contribution in [0.2, 0.25) is 0 Å². The lowest BCUT2D eigenvalue weighted by Crippen LogP contribution is -2.31. The fraction of sp³-hybridized carbons (Fsp3) is 0.472. The number of ether oxygens (including phenoxy) is 4. The summed E-state index contributed by atoms with van der Waals surface area (Å²) in [5.41, 5.74) is 11.4. The third-order valence-corrected chi connectivity index (χ3v) is 24.6. The van der Waals surface area contributed by atoms with E-state index >= 15 is 0 Å². The highest BCUT2D eigenvalue weighted by Gasteiger charge is 2.35. The first-order valence-electron chi connectivity index (χ1n) is 24.9. The molecule has 0 bridgehead atoms. The lowest BCUT2D eigenvalue weighted by Gasteiger charge is -2.35. The number of aldehydes is 1. The summed E-state index contributed by atoms with van der Waals surface area (Å²) >= 11 is 18.5. The molecule has 0 saturated carbocycles. The van der Waals surface area contributed by atoms with Gasteiger partial charge < -0.3 is 18.9 Å². The number of hydrazone groups is 3. The monoisotopic (exact) mass is 1110 g/mol. The third kappa shape index (κ3) is 18.6. The number of unbranched alkanes of at least 4 members (excludes halogenated alkanes) is 3. The molecule has 0 aliphatic heterocycles. The Morgan fingerprint density at radius 2 is 0.863 bits per heavy atom. The van der Waals surface area contributed by atoms with Crippen LogP contribution in [-0.4, -0.2) is 82.2 Å². The van der Waals surface area contributed by atoms with Crippen molar-refractivity contribution in [2.24, 2.45) is 20.4 Å². The molecule has 0 radical (unpaired) electrons. The van der Waals surface area contributed by atoms with E-state index in [9.17, 15) is 4.79 Å². The molecule has 0 aliphatic carbocycles. The molecule has 4 aromatic rings. The van der Waals surface area contributed by atoms with Crippen LogP contribution in [0.3, 0.4) is 0 Å². The van der Waals surface area contributed by atoms with Crippen LogP contribution in [0.25, 0.3) is 10.4 Å². The van der Waals surface area contributed by atoms with Crippen molar-refractivity contribution in [3.8, 4) is 23.0 Å². The molecule has 0 spiro atoms. The SMILES string of the molecule is CCCCCC(C)(Oc1ccc(/C=N/N(C)[PH](=S)C(C)(CCC)Oc2ccc(/C=N/N(C)[PH](=S)C(C)(CC)Oc3ccc(C=O)cc3)cc2)cc1)[PH](=S)N(C)/N=C/c1ccc(OC(C)(CCCC)N=[N+]=[N-])cc1. The van der Waals surface area contributed by atoms with Crippen molar-refractivity contribution in [2.45, 2.75) is 141 Å². The smallest absolute Gasteiger partial charge is 0.185 e. The first-order chi connectivity index (χ1) is 34.8. The number of azide groups is 1. The zero-order chi connectivity index (χ0) is 53.7. The van der Waals surface area contributed by atoms with Crippen LogP contribution in [0.4, 0.5) is 0 Å². The number of nitrogens with zero attached hydrogens (tertiary/aromatic N) is 9. The van der Waals surface area contributed by atoms with Gasteiger partial charge in [0.25, 0.3) is 0 Å². The second-order valence-corrected chi connectivity index (χ2v) is 29.2. The minimum absolute atomic E-state index is 0.592. The van der Waals surface area contributed by atoms with Crippen LogP contribution in [0, 0.1) is 0 Å². The van der Waals surface area contributed by atoms with Gasteiger partial charge in [-0.25, -0.2) is 0 Å². The number of carbonyl (C=O) groups excluding carboxylic acids is 1. The molecule has 0 saturated heterocycles. The number of hydrogen-bond acceptors (Lipinski definition) is 12. The van der Waals surface area contributed by atoms with Gasteiger partial charge >= 0.3 is 0 Å². The molecule has 4 aromatic carbocycles. The van der Waals surface area contributed by atoms with Gasteiger partial charge in [0.05, 0.1) is 39.2 Å². The second-order valence-electron chi connectivity index (χ2n) is 18.7. The molecule has 20 heteroatoms. The maximum Gasteiger partial charge on any atom is 0.185 e. The van der Waals surface area contributed by atoms with Crippen LogP contribution in [0.15, 0.2) is 117 Å². The van der Waals surface area contributed by atoms with Crippen LogP contribution in [-0.2, 0) is 35.4 Å². The van der Waals surface area contributed by atoms with E-state index in [2.05, 4.69) is 51.6 Å². The Labute approximate surface area is 452 Å². The summed E-state index contributed by atoms with van der Waals surface area (Å²) in [6.45, 7) is 11.3. The zero-order valence-electron chi connectivity index (χ0n) is 44.4. The number of rotatable bonds is 32. The van der Waals surface area contributed by atoms with Gasteiger partial charge in [0.15, 0.2) is 5.72 Å². The van der Waals surface area contributed by atoms with Gasteiger partial charge in [-0.2, -0.15) is 15.3 Å². The maximum absolute atomic E-state index is 11.1. The molecule has 0 fully saturated rings. The third-order valence-electron chi connectivity index (χ3n) is 12.3. The van der Waals surface area contributed by atoms with Gasteiger partial charge in [0.2, 0.25) is 0 Å². The molecule has 0 heterocycles. The average molecular weight is 1110 g/mol. The Morgan fingerprint density at radius 1 is 0.507 bits per heavy atom. The Hall–Kier alpha value is -4.58. The van der Waals surface area contributed by atoms with E-state index in [1.807, 2.05) is 128 Å². The largest absolute Gasteiger partial charge is 0.481 e. The number of carbonyl (C=O) groups is 1. The fourth-order valence-corrected chi connectivity index (χ4v) is 13.9. The summed E-state index contributed by atoms with van der Waals surface area (Å²) in [4.78, 5) is 14.1. The van der Waals surface area contributed by atoms with Gasteiger partial charge in [-0.1, -0.05) is 88.8 Å². The molecular formula is C53H76N9O5P3S3. The quantitative estimate of drug-likeness (QED) is 0.00672. The standard InChI is InChI=1S/C53H76N9O5P3S3/c1-12-16-18-37-53(8,70(73)62(11)57-39-42-19-27-46(28-20-42)64-50(5,58-59-54)36-17-13-2)67-49-31-23-44(24-32-49)40-56-61(10)69(72)52(7,35-14-3)66-48-29-21-43(22-30-48)38-55-60(9)68(71)51(6,15-4)65-47-33-25-45(41-63)26-34-47/h19-34,38-41,68-70H,12-18,35-37H2,1-11H3/b55-38+,56-40+,57-39+. The molecule has 396 valence electrons. The van der Waals surface area contributed by atoms with Crippen molar-refractivity contribution in [1.82, 2.24) is 14.3 Å². The predicted molar refractivity (Wildman–Crippen MR) is 318 cm³/mol. The van der Waals surface area contributed by atoms with Crippen molar-refractivity contribution >= 4 is 80.9 Å². The molecule has 7 atom stereocenters. The van der Waals surface area contributed by atoms with Crippen molar-refractivity contribution in [3.05, 3.63) is 130 Å². The summed E-state index contributed by atoms with van der Waals surface area (Å²) in [6, 6.07) is 30.4. The molecule has 0 aromatic heterocycles. The molecule has 4 rings (SSSR count). The average Bonchev–Trinajstić information content (AvgIpc) is 3.39. The van der Waals surface area contributed by atoms with E-state index in [1.54, 1.807) is 36.7 Å². The summed E-state index contributed by atoms with van der Waals surface area (Å²) in [7, 11) is 5.73. The zero-order valence-corrected chi connectivity index (χ0v) is 49.9. The first-order valence-corrected chi connectivity index (χ1v) is 32.7. The lowest BCUT2D eigenvalue weighted by molar-refractivity contribution is 0.0840. The Kier molecular flexibility index (Phi) is 24.6. The van der Waals surface area contributed by atoms with E-state index in [-0.39, 0.29) is 0 Å².